The molecule has 17 heavy (non-hydrogen) atoms. The Kier molecular flexibility index (Phi) is 2.53. The summed E-state index contributed by atoms with van der Waals surface area (Å²) in [4.78, 5) is 4.41. The molecule has 2 aromatic rings. The fourth-order valence-corrected chi connectivity index (χ4v) is 2.37. The van der Waals surface area contributed by atoms with E-state index < -0.39 is 0 Å². The third kappa shape index (κ3) is 1.89. The number of aromatic nitrogens is 1. The number of hydrogen-bond donors (Lipinski definition) is 2. The molecule has 86 valence electrons. The van der Waals surface area contributed by atoms with Crippen LogP contribution in [-0.2, 0) is 13.0 Å². The van der Waals surface area contributed by atoms with Crippen molar-refractivity contribution in [1.29, 1.82) is 0 Å². The third-order valence-corrected chi connectivity index (χ3v) is 3.19. The first-order chi connectivity index (χ1) is 8.34. The monoisotopic (exact) mass is 225 g/mol. The molecule has 3 nitrogen and oxygen atoms in total. The summed E-state index contributed by atoms with van der Waals surface area (Å²) < 4.78 is 0. The Morgan fingerprint density at radius 1 is 1.12 bits per heavy atom. The number of pyridine rings is 1. The second kappa shape index (κ2) is 4.18. The molecular weight excluding hydrogens is 210 g/mol. The number of fused-ring (bicyclic) bond motifs is 1. The summed E-state index contributed by atoms with van der Waals surface area (Å²) in [7, 11) is 0. The third-order valence-electron chi connectivity index (χ3n) is 3.19. The predicted octanol–water partition coefficient (Wildman–Crippen LogP) is 1.98. The van der Waals surface area contributed by atoms with Gasteiger partial charge in [-0.25, -0.2) is 4.98 Å². The highest BCUT2D eigenvalue weighted by Gasteiger charge is 2.13. The van der Waals surface area contributed by atoms with Crippen LogP contribution in [0.3, 0.4) is 0 Å². The zero-order valence-electron chi connectivity index (χ0n) is 9.61. The SMILES string of the molecule is Nc1cccc(-c2cccc3c2CCNC3)n1. The average Bonchev–Trinajstić information content (AvgIpc) is 2.38. The molecule has 3 rings (SSSR count). The summed E-state index contributed by atoms with van der Waals surface area (Å²) in [6.45, 7) is 1.98. The van der Waals surface area contributed by atoms with Gasteiger partial charge in [-0.15, -0.1) is 0 Å². The van der Waals surface area contributed by atoms with Crippen molar-refractivity contribution in [3.05, 3.63) is 47.5 Å². The van der Waals surface area contributed by atoms with Gasteiger partial charge in [0.1, 0.15) is 5.82 Å². The van der Waals surface area contributed by atoms with E-state index in [0.717, 1.165) is 25.2 Å². The van der Waals surface area contributed by atoms with E-state index >= 15 is 0 Å². The molecule has 0 saturated carbocycles. The first-order valence-electron chi connectivity index (χ1n) is 5.89. The van der Waals surface area contributed by atoms with Crippen LogP contribution in [0.5, 0.6) is 0 Å². The summed E-state index contributed by atoms with van der Waals surface area (Å²) >= 11 is 0. The van der Waals surface area contributed by atoms with Crippen molar-refractivity contribution in [2.75, 3.05) is 12.3 Å². The van der Waals surface area contributed by atoms with Gasteiger partial charge in [0, 0.05) is 12.1 Å². The van der Waals surface area contributed by atoms with Crippen molar-refractivity contribution in [3.8, 4) is 11.3 Å². The van der Waals surface area contributed by atoms with Gasteiger partial charge in [0.05, 0.1) is 5.69 Å². The molecule has 0 amide bonds. The summed E-state index contributed by atoms with van der Waals surface area (Å²) in [6.07, 6.45) is 1.06. The van der Waals surface area contributed by atoms with E-state index in [4.69, 9.17) is 5.73 Å². The lowest BCUT2D eigenvalue weighted by molar-refractivity contribution is 0.644. The molecule has 0 spiro atoms. The summed E-state index contributed by atoms with van der Waals surface area (Å²) in [5.74, 6) is 0.578. The molecular formula is C14H15N3. The number of nitrogens with two attached hydrogens (primary N) is 1. The van der Waals surface area contributed by atoms with Gasteiger partial charge in [0.25, 0.3) is 0 Å². The molecule has 0 atom stereocenters. The molecule has 2 heterocycles. The van der Waals surface area contributed by atoms with E-state index in [1.165, 1.54) is 16.7 Å². The van der Waals surface area contributed by atoms with Gasteiger partial charge in [-0.05, 0) is 36.2 Å². The number of nitrogens with zero attached hydrogens (tertiary/aromatic N) is 1. The van der Waals surface area contributed by atoms with Crippen molar-refractivity contribution >= 4 is 5.82 Å². The van der Waals surface area contributed by atoms with Gasteiger partial charge < -0.3 is 11.1 Å². The number of nitrogen functional groups attached to an aromatic ring is 1. The van der Waals surface area contributed by atoms with Crippen molar-refractivity contribution in [3.63, 3.8) is 0 Å². The Morgan fingerprint density at radius 2 is 2.00 bits per heavy atom. The van der Waals surface area contributed by atoms with Crippen LogP contribution in [0.15, 0.2) is 36.4 Å². The van der Waals surface area contributed by atoms with Crippen LogP contribution in [0.4, 0.5) is 5.82 Å². The molecule has 0 bridgehead atoms. The van der Waals surface area contributed by atoms with Crippen LogP contribution in [0, 0.1) is 0 Å². The molecule has 0 radical (unpaired) electrons. The van der Waals surface area contributed by atoms with Crippen molar-refractivity contribution in [2.24, 2.45) is 0 Å². The molecule has 0 fully saturated rings. The average molecular weight is 225 g/mol. The number of benzene rings is 1. The Labute approximate surface area is 101 Å². The van der Waals surface area contributed by atoms with E-state index in [2.05, 4.69) is 28.5 Å². The van der Waals surface area contributed by atoms with Gasteiger partial charge in [-0.2, -0.15) is 0 Å². The van der Waals surface area contributed by atoms with Gasteiger partial charge in [-0.1, -0.05) is 24.3 Å². The molecule has 1 aromatic carbocycles. The molecule has 1 aliphatic heterocycles. The highest BCUT2D eigenvalue weighted by Crippen LogP contribution is 2.27. The standard InChI is InChI=1S/C14H15N3/c15-14-6-2-5-13(17-14)12-4-1-3-10-9-16-8-7-11(10)12/h1-6,16H,7-9H2,(H2,15,17). The second-order valence-corrected chi connectivity index (χ2v) is 4.32. The minimum absolute atomic E-state index is 0.578. The number of anilines is 1. The highest BCUT2D eigenvalue weighted by atomic mass is 14.9. The molecule has 1 aliphatic rings. The summed E-state index contributed by atoms with van der Waals surface area (Å²) in [6, 6.07) is 12.2. The van der Waals surface area contributed by atoms with Crippen LogP contribution in [0.1, 0.15) is 11.1 Å². The molecule has 3 N–H and O–H groups in total. The van der Waals surface area contributed by atoms with Gasteiger partial charge in [0.2, 0.25) is 0 Å². The van der Waals surface area contributed by atoms with Crippen LogP contribution in [0.25, 0.3) is 11.3 Å². The van der Waals surface area contributed by atoms with Crippen LogP contribution in [0.2, 0.25) is 0 Å². The van der Waals surface area contributed by atoms with E-state index in [0.29, 0.717) is 5.82 Å². The van der Waals surface area contributed by atoms with E-state index in [9.17, 15) is 0 Å². The predicted molar refractivity (Wildman–Crippen MR) is 69.5 cm³/mol. The van der Waals surface area contributed by atoms with Crippen LogP contribution in [-0.4, -0.2) is 11.5 Å². The number of hydrogen-bond acceptors (Lipinski definition) is 3. The second-order valence-electron chi connectivity index (χ2n) is 4.32. The lowest BCUT2D eigenvalue weighted by atomic mass is 9.93. The van der Waals surface area contributed by atoms with Crippen molar-refractivity contribution < 1.29 is 0 Å². The topological polar surface area (TPSA) is 50.9 Å². The van der Waals surface area contributed by atoms with E-state index in [1.54, 1.807) is 0 Å². The summed E-state index contributed by atoms with van der Waals surface area (Å²) in [5.41, 5.74) is 10.7. The van der Waals surface area contributed by atoms with Crippen LogP contribution < -0.4 is 11.1 Å². The van der Waals surface area contributed by atoms with E-state index in [-0.39, 0.29) is 0 Å². The smallest absolute Gasteiger partial charge is 0.124 e. The van der Waals surface area contributed by atoms with Crippen molar-refractivity contribution in [2.45, 2.75) is 13.0 Å². The quantitative estimate of drug-likeness (QED) is 0.780. The highest BCUT2D eigenvalue weighted by molar-refractivity contribution is 5.67. The fourth-order valence-electron chi connectivity index (χ4n) is 2.37. The van der Waals surface area contributed by atoms with Gasteiger partial charge >= 0.3 is 0 Å². The lowest BCUT2D eigenvalue weighted by Gasteiger charge is -2.20. The van der Waals surface area contributed by atoms with Crippen molar-refractivity contribution in [1.82, 2.24) is 10.3 Å². The Balaban J connectivity index is 2.14. The molecule has 0 saturated heterocycles. The lowest BCUT2D eigenvalue weighted by Crippen LogP contribution is -2.24. The Bertz CT molecular complexity index is 549. The zero-order chi connectivity index (χ0) is 11.7. The first kappa shape index (κ1) is 10.3. The minimum Gasteiger partial charge on any atom is -0.384 e. The molecule has 0 aliphatic carbocycles. The number of rotatable bonds is 1. The maximum absolute atomic E-state index is 5.75. The molecule has 0 unspecified atom stereocenters. The first-order valence-corrected chi connectivity index (χ1v) is 5.89. The molecule has 1 aromatic heterocycles. The fraction of sp³-hybridized carbons (Fsp3) is 0.214. The van der Waals surface area contributed by atoms with Crippen LogP contribution >= 0.6 is 0 Å². The zero-order valence-corrected chi connectivity index (χ0v) is 9.61. The Morgan fingerprint density at radius 3 is 2.88 bits per heavy atom. The largest absolute Gasteiger partial charge is 0.384 e. The maximum atomic E-state index is 5.75. The van der Waals surface area contributed by atoms with Gasteiger partial charge in [-0.3, -0.25) is 0 Å². The Hall–Kier alpha value is -1.87. The molecule has 3 heteroatoms. The minimum atomic E-state index is 0.578. The maximum Gasteiger partial charge on any atom is 0.124 e. The van der Waals surface area contributed by atoms with E-state index in [1.807, 2.05) is 18.2 Å². The normalized spacial score (nSPS) is 14.4. The summed E-state index contributed by atoms with van der Waals surface area (Å²) in [5, 5.41) is 3.39. The number of nitrogens with one attached hydrogen (secondary N) is 1. The van der Waals surface area contributed by atoms with Gasteiger partial charge in [0.15, 0.2) is 0 Å².